The third-order valence-electron chi connectivity index (χ3n) is 6.15. The molecule has 148 valence electrons. The Hall–Kier alpha value is -1.63. The van der Waals surface area contributed by atoms with Gasteiger partial charge in [-0.05, 0) is 20.8 Å². The Morgan fingerprint density at radius 1 is 1.52 bits per heavy atom. The number of allylic oxidation sites excluding steroid dienone is 1. The number of esters is 2. The normalized spacial score (nSPS) is 41.4. The first-order valence-electron chi connectivity index (χ1n) is 9.03. The lowest BCUT2D eigenvalue weighted by atomic mass is 9.75. The summed E-state index contributed by atoms with van der Waals surface area (Å²) < 4.78 is 11.2. The first-order valence-corrected chi connectivity index (χ1v) is 9.56. The SMILES string of the molecule is C=C1C(=O)O[C@@H]2[C@H]3C(C)=C[C@@H](O)[C@H]3[C@@](O)(CCl)C[C@@H](OC(=O)/C(C)=C/C)[C@@H]12. The molecular formula is C20H25ClO6. The Morgan fingerprint density at radius 3 is 2.78 bits per heavy atom. The standard InChI is InChI=1S/C20H25ClO6/c1-5-9(2)18(23)26-13-7-20(25,8-21)16-12(22)6-10(3)14(16)17-15(13)11(4)19(24)27-17/h5-6,12-17,22,25H,4,7-8H2,1-3H3/b9-5+/t12-,13-,14+,15-,16-,17-,20+/m1/s1. The van der Waals surface area contributed by atoms with Crippen LogP contribution in [0.15, 0.2) is 35.5 Å². The fourth-order valence-electron chi connectivity index (χ4n) is 4.65. The fraction of sp³-hybridized carbons (Fsp3) is 0.600. The van der Waals surface area contributed by atoms with Gasteiger partial charge in [0.15, 0.2) is 0 Å². The average molecular weight is 397 g/mol. The molecule has 1 saturated heterocycles. The second-order valence-corrected chi connectivity index (χ2v) is 8.00. The molecule has 2 fully saturated rings. The van der Waals surface area contributed by atoms with Gasteiger partial charge in [-0.3, -0.25) is 0 Å². The number of carbonyl (C=O) groups excluding carboxylic acids is 2. The van der Waals surface area contributed by atoms with Crippen LogP contribution in [0, 0.1) is 17.8 Å². The van der Waals surface area contributed by atoms with Crippen LogP contribution in [0.2, 0.25) is 0 Å². The van der Waals surface area contributed by atoms with Gasteiger partial charge in [-0.1, -0.05) is 24.3 Å². The molecule has 2 N–H and O–H groups in total. The van der Waals surface area contributed by atoms with Crippen molar-refractivity contribution in [2.45, 2.75) is 51.1 Å². The number of halogens is 1. The van der Waals surface area contributed by atoms with E-state index in [0.29, 0.717) is 5.57 Å². The zero-order valence-electron chi connectivity index (χ0n) is 15.6. The van der Waals surface area contributed by atoms with E-state index < -0.39 is 53.6 Å². The molecule has 7 atom stereocenters. The highest BCUT2D eigenvalue weighted by molar-refractivity contribution is 6.18. The van der Waals surface area contributed by atoms with Crippen LogP contribution >= 0.6 is 11.6 Å². The molecule has 0 aromatic carbocycles. The first kappa shape index (κ1) is 20.1. The van der Waals surface area contributed by atoms with Crippen LogP contribution in [0.25, 0.3) is 0 Å². The van der Waals surface area contributed by atoms with Gasteiger partial charge in [0.25, 0.3) is 0 Å². The van der Waals surface area contributed by atoms with Gasteiger partial charge in [0.05, 0.1) is 23.5 Å². The lowest BCUT2D eigenvalue weighted by Gasteiger charge is -2.38. The van der Waals surface area contributed by atoms with Crippen LogP contribution in [0.3, 0.4) is 0 Å². The molecule has 7 heteroatoms. The van der Waals surface area contributed by atoms with Crippen molar-refractivity contribution < 1.29 is 29.3 Å². The quantitative estimate of drug-likeness (QED) is 0.327. The van der Waals surface area contributed by atoms with Crippen molar-refractivity contribution in [1.29, 1.82) is 0 Å². The molecule has 1 heterocycles. The lowest BCUT2D eigenvalue weighted by Crippen LogP contribution is -2.49. The summed E-state index contributed by atoms with van der Waals surface area (Å²) in [6.45, 7) is 9.01. The molecule has 0 unspecified atom stereocenters. The Labute approximate surface area is 163 Å². The number of hydrogen-bond donors (Lipinski definition) is 2. The highest BCUT2D eigenvalue weighted by Crippen LogP contribution is 2.53. The Balaban J connectivity index is 2.07. The van der Waals surface area contributed by atoms with Gasteiger partial charge in [-0.15, -0.1) is 11.6 Å². The van der Waals surface area contributed by atoms with Crippen LogP contribution < -0.4 is 0 Å². The van der Waals surface area contributed by atoms with Gasteiger partial charge < -0.3 is 19.7 Å². The molecule has 0 bridgehead atoms. The molecule has 3 aliphatic rings. The third kappa shape index (κ3) is 3.13. The largest absolute Gasteiger partial charge is 0.458 e. The van der Waals surface area contributed by atoms with Crippen molar-refractivity contribution in [3.63, 3.8) is 0 Å². The predicted molar refractivity (Wildman–Crippen MR) is 98.9 cm³/mol. The summed E-state index contributed by atoms with van der Waals surface area (Å²) in [5.74, 6) is -2.92. The molecule has 27 heavy (non-hydrogen) atoms. The van der Waals surface area contributed by atoms with Crippen molar-refractivity contribution in [2.24, 2.45) is 17.8 Å². The minimum Gasteiger partial charge on any atom is -0.458 e. The summed E-state index contributed by atoms with van der Waals surface area (Å²) >= 11 is 6.12. The van der Waals surface area contributed by atoms with E-state index in [2.05, 4.69) is 6.58 Å². The maximum Gasteiger partial charge on any atom is 0.334 e. The molecule has 0 radical (unpaired) electrons. The summed E-state index contributed by atoms with van der Waals surface area (Å²) in [5.41, 5.74) is -0.0590. The summed E-state index contributed by atoms with van der Waals surface area (Å²) in [4.78, 5) is 24.6. The molecule has 0 amide bonds. The third-order valence-corrected chi connectivity index (χ3v) is 6.61. The fourth-order valence-corrected chi connectivity index (χ4v) is 4.94. The molecule has 1 aliphatic heterocycles. The zero-order valence-corrected chi connectivity index (χ0v) is 16.4. The predicted octanol–water partition coefficient (Wildman–Crippen LogP) is 1.89. The van der Waals surface area contributed by atoms with Gasteiger partial charge in [0.2, 0.25) is 0 Å². The van der Waals surface area contributed by atoms with E-state index in [1.165, 1.54) is 0 Å². The van der Waals surface area contributed by atoms with Gasteiger partial charge in [-0.25, -0.2) is 9.59 Å². The molecule has 1 saturated carbocycles. The van der Waals surface area contributed by atoms with Crippen molar-refractivity contribution in [2.75, 3.05) is 5.88 Å². The number of fused-ring (bicyclic) bond motifs is 3. The number of alkyl halides is 1. The minimum atomic E-state index is -1.49. The van der Waals surface area contributed by atoms with E-state index in [-0.39, 0.29) is 17.9 Å². The minimum absolute atomic E-state index is 0.0184. The van der Waals surface area contributed by atoms with Gasteiger partial charge in [0, 0.05) is 29.4 Å². The van der Waals surface area contributed by atoms with E-state index in [9.17, 15) is 19.8 Å². The number of aliphatic hydroxyl groups excluding tert-OH is 1. The summed E-state index contributed by atoms with van der Waals surface area (Å²) in [5, 5.41) is 21.9. The molecule has 0 spiro atoms. The van der Waals surface area contributed by atoms with Crippen LogP contribution in [0.1, 0.15) is 27.2 Å². The van der Waals surface area contributed by atoms with E-state index in [1.54, 1.807) is 26.0 Å². The number of rotatable bonds is 3. The number of ether oxygens (including phenoxy) is 2. The average Bonchev–Trinajstić information content (AvgIpc) is 3.04. The Morgan fingerprint density at radius 2 is 2.19 bits per heavy atom. The van der Waals surface area contributed by atoms with Crippen LogP contribution in [-0.2, 0) is 19.1 Å². The van der Waals surface area contributed by atoms with E-state index in [0.717, 1.165) is 5.57 Å². The van der Waals surface area contributed by atoms with Crippen molar-refractivity contribution in [1.82, 2.24) is 0 Å². The van der Waals surface area contributed by atoms with Gasteiger partial charge in [-0.2, -0.15) is 0 Å². The molecule has 3 rings (SSSR count). The Bertz CT molecular complexity index is 741. The van der Waals surface area contributed by atoms with E-state index >= 15 is 0 Å². The van der Waals surface area contributed by atoms with Gasteiger partial charge >= 0.3 is 11.9 Å². The highest BCUT2D eigenvalue weighted by Gasteiger charge is 2.62. The molecule has 0 aromatic heterocycles. The molecular weight excluding hydrogens is 372 g/mol. The topological polar surface area (TPSA) is 93.1 Å². The van der Waals surface area contributed by atoms with Crippen LogP contribution in [-0.4, -0.2) is 51.9 Å². The maximum absolute atomic E-state index is 12.4. The maximum atomic E-state index is 12.4. The van der Waals surface area contributed by atoms with E-state index in [1.807, 2.05) is 6.92 Å². The van der Waals surface area contributed by atoms with Crippen LogP contribution in [0.5, 0.6) is 0 Å². The number of carbonyl (C=O) groups is 2. The summed E-state index contributed by atoms with van der Waals surface area (Å²) in [6.07, 6.45) is 0.819. The Kier molecular flexibility index (Phi) is 5.27. The number of aliphatic hydroxyl groups is 2. The van der Waals surface area contributed by atoms with Gasteiger partial charge in [0.1, 0.15) is 12.2 Å². The molecule has 2 aliphatic carbocycles. The second kappa shape index (κ2) is 7.08. The lowest BCUT2D eigenvalue weighted by molar-refractivity contribution is -0.150. The molecule has 6 nitrogen and oxygen atoms in total. The smallest absolute Gasteiger partial charge is 0.334 e. The van der Waals surface area contributed by atoms with E-state index in [4.69, 9.17) is 21.1 Å². The highest BCUT2D eigenvalue weighted by atomic mass is 35.5. The second-order valence-electron chi connectivity index (χ2n) is 7.73. The van der Waals surface area contributed by atoms with Crippen molar-refractivity contribution >= 4 is 23.5 Å². The zero-order chi connectivity index (χ0) is 20.1. The summed E-state index contributed by atoms with van der Waals surface area (Å²) in [7, 11) is 0. The van der Waals surface area contributed by atoms with Crippen molar-refractivity contribution in [3.05, 3.63) is 35.5 Å². The monoisotopic (exact) mass is 396 g/mol. The first-order chi connectivity index (χ1) is 12.6. The summed E-state index contributed by atoms with van der Waals surface area (Å²) in [6, 6.07) is 0. The molecule has 0 aromatic rings. The van der Waals surface area contributed by atoms with Crippen LogP contribution in [0.4, 0.5) is 0 Å². The number of hydrogen-bond acceptors (Lipinski definition) is 6. The van der Waals surface area contributed by atoms with Crippen molar-refractivity contribution in [3.8, 4) is 0 Å².